The Kier molecular flexibility index (Phi) is 3.17. The third-order valence-corrected chi connectivity index (χ3v) is 2.59. The molecule has 0 amide bonds. The number of aromatic nitrogens is 2. The van der Waals surface area contributed by atoms with Gasteiger partial charge in [-0.1, -0.05) is 30.3 Å². The van der Waals surface area contributed by atoms with Gasteiger partial charge in [-0.05, 0) is 0 Å². The van der Waals surface area contributed by atoms with Gasteiger partial charge < -0.3 is 5.32 Å². The van der Waals surface area contributed by atoms with Crippen molar-refractivity contribution in [3.8, 4) is 11.4 Å². The van der Waals surface area contributed by atoms with Gasteiger partial charge in [0, 0.05) is 30.4 Å². The van der Waals surface area contributed by atoms with E-state index in [0.29, 0.717) is 0 Å². The van der Waals surface area contributed by atoms with Crippen LogP contribution in [0.5, 0.6) is 0 Å². The van der Waals surface area contributed by atoms with E-state index in [1.54, 1.807) is 0 Å². The molecule has 0 spiro atoms. The van der Waals surface area contributed by atoms with E-state index < -0.39 is 0 Å². The van der Waals surface area contributed by atoms with Gasteiger partial charge in [0.2, 0.25) is 0 Å². The molecule has 1 aliphatic rings. The molecule has 3 nitrogen and oxygen atoms in total. The lowest BCUT2D eigenvalue weighted by molar-refractivity contribution is 0.758. The molecule has 3 rings (SSSR count). The Morgan fingerprint density at radius 2 is 1.88 bits per heavy atom. The van der Waals surface area contributed by atoms with Crippen LogP contribution in [-0.2, 0) is 13.1 Å². The van der Waals surface area contributed by atoms with E-state index in [0.717, 1.165) is 30.2 Å². The minimum Gasteiger partial charge on any atom is -0.307 e. The second-order valence-electron chi connectivity index (χ2n) is 3.64. The molecule has 2 heterocycles. The summed E-state index contributed by atoms with van der Waals surface area (Å²) in [7, 11) is 0. The highest BCUT2D eigenvalue weighted by atomic mass is 35.5. The average molecular weight is 234 g/mol. The summed E-state index contributed by atoms with van der Waals surface area (Å²) < 4.78 is 0. The summed E-state index contributed by atoms with van der Waals surface area (Å²) in [6.45, 7) is 1.75. The highest BCUT2D eigenvalue weighted by Gasteiger charge is 2.12. The van der Waals surface area contributed by atoms with Crippen molar-refractivity contribution in [1.29, 1.82) is 0 Å². The fourth-order valence-corrected chi connectivity index (χ4v) is 1.78. The standard InChI is InChI=1S/C12H11N3.ClH/c1-2-4-9(5-3-1)12-14-7-10-6-13-8-11(10)15-12;/h1-5,7,13H,6,8H2;1H. The van der Waals surface area contributed by atoms with Crippen molar-refractivity contribution < 1.29 is 0 Å². The summed E-state index contributed by atoms with van der Waals surface area (Å²) >= 11 is 0. The molecule has 0 saturated heterocycles. The maximum absolute atomic E-state index is 4.55. The maximum atomic E-state index is 4.55. The Morgan fingerprint density at radius 1 is 1.06 bits per heavy atom. The van der Waals surface area contributed by atoms with E-state index in [2.05, 4.69) is 15.3 Å². The van der Waals surface area contributed by atoms with Crippen LogP contribution >= 0.6 is 12.4 Å². The second kappa shape index (κ2) is 4.60. The Labute approximate surface area is 100 Å². The Hall–Kier alpha value is -1.45. The summed E-state index contributed by atoms with van der Waals surface area (Å²) in [5.74, 6) is 0.818. The van der Waals surface area contributed by atoms with Gasteiger partial charge in [0.25, 0.3) is 0 Å². The molecule has 2 aromatic rings. The van der Waals surface area contributed by atoms with Gasteiger partial charge in [0.05, 0.1) is 5.69 Å². The molecule has 0 radical (unpaired) electrons. The first-order chi connectivity index (χ1) is 7.43. The summed E-state index contributed by atoms with van der Waals surface area (Å²) in [5.41, 5.74) is 3.42. The van der Waals surface area contributed by atoms with Crippen molar-refractivity contribution in [2.24, 2.45) is 0 Å². The Balaban J connectivity index is 0.000000963. The third-order valence-electron chi connectivity index (χ3n) is 2.59. The van der Waals surface area contributed by atoms with Crippen molar-refractivity contribution in [1.82, 2.24) is 15.3 Å². The quantitative estimate of drug-likeness (QED) is 0.821. The normalized spacial score (nSPS) is 13.0. The van der Waals surface area contributed by atoms with Crippen molar-refractivity contribution in [3.05, 3.63) is 47.8 Å². The maximum Gasteiger partial charge on any atom is 0.159 e. The van der Waals surface area contributed by atoms with Crippen molar-refractivity contribution in [2.75, 3.05) is 0 Å². The van der Waals surface area contributed by atoms with Crippen molar-refractivity contribution in [3.63, 3.8) is 0 Å². The van der Waals surface area contributed by atoms with Crippen molar-refractivity contribution in [2.45, 2.75) is 13.1 Å². The molecule has 1 aromatic heterocycles. The van der Waals surface area contributed by atoms with E-state index in [-0.39, 0.29) is 12.4 Å². The molecule has 0 fully saturated rings. The van der Waals surface area contributed by atoms with Crippen LogP contribution in [-0.4, -0.2) is 9.97 Å². The number of nitrogens with zero attached hydrogens (tertiary/aromatic N) is 2. The van der Waals surface area contributed by atoms with Crippen LogP contribution in [0, 0.1) is 0 Å². The Bertz CT molecular complexity index is 485. The first-order valence-corrected chi connectivity index (χ1v) is 5.04. The van der Waals surface area contributed by atoms with Gasteiger partial charge in [-0.3, -0.25) is 0 Å². The van der Waals surface area contributed by atoms with E-state index >= 15 is 0 Å². The average Bonchev–Trinajstić information content (AvgIpc) is 2.77. The molecule has 4 heteroatoms. The number of nitrogens with one attached hydrogen (secondary N) is 1. The molecule has 0 unspecified atom stereocenters. The van der Waals surface area contributed by atoms with Gasteiger partial charge in [-0.25, -0.2) is 9.97 Å². The molecule has 0 saturated carbocycles. The molecule has 0 bridgehead atoms. The van der Waals surface area contributed by atoms with Gasteiger partial charge in [0.1, 0.15) is 0 Å². The van der Waals surface area contributed by atoms with Crippen LogP contribution in [0.3, 0.4) is 0 Å². The first kappa shape index (κ1) is 11.0. The minimum atomic E-state index is 0. The van der Waals surface area contributed by atoms with E-state index in [1.165, 1.54) is 5.56 Å². The summed E-state index contributed by atoms with van der Waals surface area (Å²) in [6.07, 6.45) is 1.92. The number of halogens is 1. The Morgan fingerprint density at radius 3 is 2.69 bits per heavy atom. The van der Waals surface area contributed by atoms with E-state index in [9.17, 15) is 0 Å². The molecule has 1 N–H and O–H groups in total. The number of rotatable bonds is 1. The molecule has 16 heavy (non-hydrogen) atoms. The lowest BCUT2D eigenvalue weighted by Crippen LogP contribution is -2.00. The smallest absolute Gasteiger partial charge is 0.159 e. The van der Waals surface area contributed by atoms with Crippen LogP contribution in [0.1, 0.15) is 11.3 Å². The SMILES string of the molecule is Cl.c1ccc(-c2ncc3c(n2)CNC3)cc1. The zero-order chi connectivity index (χ0) is 10.1. The second-order valence-corrected chi connectivity index (χ2v) is 3.64. The molecule has 0 aliphatic carbocycles. The topological polar surface area (TPSA) is 37.8 Å². The predicted molar refractivity (Wildman–Crippen MR) is 65.3 cm³/mol. The van der Waals surface area contributed by atoms with E-state index in [4.69, 9.17) is 0 Å². The lowest BCUT2D eigenvalue weighted by Gasteiger charge is -2.01. The van der Waals surface area contributed by atoms with Crippen LogP contribution < -0.4 is 5.32 Å². The predicted octanol–water partition coefficient (Wildman–Crippen LogP) is 2.17. The zero-order valence-corrected chi connectivity index (χ0v) is 9.50. The van der Waals surface area contributed by atoms with Crippen LogP contribution in [0.25, 0.3) is 11.4 Å². The number of fused-ring (bicyclic) bond motifs is 1. The first-order valence-electron chi connectivity index (χ1n) is 5.04. The molecular weight excluding hydrogens is 222 g/mol. The van der Waals surface area contributed by atoms with Gasteiger partial charge >= 0.3 is 0 Å². The highest BCUT2D eigenvalue weighted by Crippen LogP contribution is 2.18. The number of hydrogen-bond donors (Lipinski definition) is 1. The fourth-order valence-electron chi connectivity index (χ4n) is 1.78. The van der Waals surface area contributed by atoms with Gasteiger partial charge in [-0.2, -0.15) is 0 Å². The summed E-state index contributed by atoms with van der Waals surface area (Å²) in [5, 5.41) is 3.26. The monoisotopic (exact) mass is 233 g/mol. The third kappa shape index (κ3) is 1.92. The van der Waals surface area contributed by atoms with Crippen LogP contribution in [0.4, 0.5) is 0 Å². The summed E-state index contributed by atoms with van der Waals surface area (Å²) in [4.78, 5) is 8.92. The fraction of sp³-hybridized carbons (Fsp3) is 0.167. The van der Waals surface area contributed by atoms with Gasteiger partial charge in [-0.15, -0.1) is 12.4 Å². The molecule has 1 aromatic carbocycles. The number of hydrogen-bond acceptors (Lipinski definition) is 3. The van der Waals surface area contributed by atoms with Crippen LogP contribution in [0.15, 0.2) is 36.5 Å². The molecule has 0 atom stereocenters. The number of benzene rings is 1. The van der Waals surface area contributed by atoms with Crippen LogP contribution in [0.2, 0.25) is 0 Å². The molecule has 1 aliphatic heterocycles. The molecule has 82 valence electrons. The van der Waals surface area contributed by atoms with Crippen molar-refractivity contribution >= 4 is 12.4 Å². The van der Waals surface area contributed by atoms with Gasteiger partial charge in [0.15, 0.2) is 5.82 Å². The lowest BCUT2D eigenvalue weighted by atomic mass is 10.2. The summed E-state index contributed by atoms with van der Waals surface area (Å²) in [6, 6.07) is 10.1. The van der Waals surface area contributed by atoms with E-state index in [1.807, 2.05) is 36.5 Å². The largest absolute Gasteiger partial charge is 0.307 e. The molecular formula is C12H12ClN3. The zero-order valence-electron chi connectivity index (χ0n) is 8.68. The highest BCUT2D eigenvalue weighted by molar-refractivity contribution is 5.85. The minimum absolute atomic E-state index is 0.